The maximum absolute atomic E-state index is 12.6. The summed E-state index contributed by atoms with van der Waals surface area (Å²) in [6, 6.07) is -0.636. The van der Waals surface area contributed by atoms with Crippen molar-refractivity contribution in [2.75, 3.05) is 45.8 Å². The molecule has 0 spiro atoms. The van der Waals surface area contributed by atoms with Gasteiger partial charge in [-0.15, -0.1) is 0 Å². The van der Waals surface area contributed by atoms with E-state index in [2.05, 4.69) is 42.7 Å². The van der Waals surface area contributed by atoms with Crippen LogP contribution in [-0.2, 0) is 9.53 Å². The van der Waals surface area contributed by atoms with Crippen LogP contribution in [0.15, 0.2) is 9.98 Å². The SMILES string of the molecule is CC[C@H]1CN(C2=NC3NC(=O)NCCNC(=O)C3N=C2Cl)CCN1C1CCN(C(=O)OC(C)(C)C)CC1. The molecule has 4 aliphatic rings. The first-order valence-electron chi connectivity index (χ1n) is 13.2. The quantitative estimate of drug-likeness (QED) is 0.480. The number of halogens is 1. The first-order valence-corrected chi connectivity index (χ1v) is 13.6. The number of urea groups is 1. The van der Waals surface area contributed by atoms with E-state index in [0.29, 0.717) is 51.1 Å². The van der Waals surface area contributed by atoms with Crippen LogP contribution in [0.3, 0.4) is 0 Å². The van der Waals surface area contributed by atoms with Gasteiger partial charge in [0.05, 0.1) is 0 Å². The Balaban J connectivity index is 1.40. The Labute approximate surface area is 223 Å². The molecule has 12 nitrogen and oxygen atoms in total. The highest BCUT2D eigenvalue weighted by Crippen LogP contribution is 2.26. The molecule has 3 saturated heterocycles. The largest absolute Gasteiger partial charge is 0.444 e. The molecule has 0 radical (unpaired) electrons. The highest BCUT2D eigenvalue weighted by atomic mass is 35.5. The van der Waals surface area contributed by atoms with E-state index in [9.17, 15) is 14.4 Å². The van der Waals surface area contributed by atoms with Crippen LogP contribution in [0.2, 0.25) is 0 Å². The number of fused-ring (bicyclic) bond motifs is 1. The molecule has 3 N–H and O–H groups in total. The zero-order chi connectivity index (χ0) is 26.7. The number of carbonyl (C=O) groups excluding carboxylic acids is 3. The first-order chi connectivity index (χ1) is 17.6. The minimum atomic E-state index is -0.904. The molecule has 0 saturated carbocycles. The normalized spacial score (nSPS) is 28.4. The summed E-state index contributed by atoms with van der Waals surface area (Å²) in [4.78, 5) is 52.8. The van der Waals surface area contributed by atoms with Gasteiger partial charge in [0, 0.05) is 57.9 Å². The molecular formula is C24H39ClN8O4. The molecule has 4 amide bonds. The molecule has 4 aliphatic heterocycles. The van der Waals surface area contributed by atoms with Gasteiger partial charge >= 0.3 is 12.1 Å². The van der Waals surface area contributed by atoms with E-state index in [1.54, 1.807) is 4.90 Å². The monoisotopic (exact) mass is 538 g/mol. The summed E-state index contributed by atoms with van der Waals surface area (Å²) in [5, 5.41) is 8.39. The van der Waals surface area contributed by atoms with E-state index < -0.39 is 23.8 Å². The van der Waals surface area contributed by atoms with Crippen LogP contribution in [-0.4, -0.2) is 119 Å². The van der Waals surface area contributed by atoms with Crippen molar-refractivity contribution in [3.05, 3.63) is 0 Å². The van der Waals surface area contributed by atoms with Crippen LogP contribution >= 0.6 is 11.6 Å². The maximum atomic E-state index is 12.6. The molecule has 0 bridgehead atoms. The number of nitrogens with one attached hydrogen (secondary N) is 3. The van der Waals surface area contributed by atoms with Crippen LogP contribution in [0.4, 0.5) is 9.59 Å². The van der Waals surface area contributed by atoms with Crippen molar-refractivity contribution in [1.29, 1.82) is 0 Å². The van der Waals surface area contributed by atoms with Crippen molar-refractivity contribution < 1.29 is 19.1 Å². The number of nitrogens with zero attached hydrogens (tertiary/aromatic N) is 5. The van der Waals surface area contributed by atoms with Crippen molar-refractivity contribution in [2.24, 2.45) is 9.98 Å². The lowest BCUT2D eigenvalue weighted by Crippen LogP contribution is -2.61. The Morgan fingerprint density at radius 1 is 1.08 bits per heavy atom. The number of rotatable bonds is 2. The summed E-state index contributed by atoms with van der Waals surface area (Å²) < 4.78 is 5.54. The number of amidine groups is 1. The average molecular weight is 539 g/mol. The van der Waals surface area contributed by atoms with Crippen LogP contribution in [0.25, 0.3) is 0 Å². The second-order valence-corrected chi connectivity index (χ2v) is 11.3. The standard InChI is InChI=1S/C24H39ClN8O4/c1-5-15-14-32(12-13-33(15)16-6-10-31(11-7-16)23(36)37-24(2,3)4)20-18(25)28-17-19(29-20)30-22(35)27-9-8-26-21(17)34/h15-17,19H,5-14H2,1-4H3,(H,26,34)(H2,27,30,35)/t15-,17?,19?/m0/s1. The highest BCUT2D eigenvalue weighted by molar-refractivity contribution is 6.83. The van der Waals surface area contributed by atoms with E-state index in [4.69, 9.17) is 16.3 Å². The minimum Gasteiger partial charge on any atom is -0.444 e. The van der Waals surface area contributed by atoms with Gasteiger partial charge < -0.3 is 30.5 Å². The Hall–Kier alpha value is -2.60. The number of hydrogen-bond acceptors (Lipinski definition) is 8. The van der Waals surface area contributed by atoms with E-state index >= 15 is 0 Å². The molecule has 0 aliphatic carbocycles. The Kier molecular flexibility index (Phi) is 8.47. The van der Waals surface area contributed by atoms with Crippen molar-refractivity contribution in [2.45, 2.75) is 76.8 Å². The molecule has 4 heterocycles. The van der Waals surface area contributed by atoms with Crippen LogP contribution < -0.4 is 16.0 Å². The molecule has 2 unspecified atom stereocenters. The molecule has 4 rings (SSSR count). The lowest BCUT2D eigenvalue weighted by Gasteiger charge is -2.48. The lowest BCUT2D eigenvalue weighted by molar-refractivity contribution is -0.122. The molecular weight excluding hydrogens is 500 g/mol. The number of piperidine rings is 1. The topological polar surface area (TPSA) is 131 Å². The average Bonchev–Trinajstić information content (AvgIpc) is 2.91. The molecule has 0 aromatic heterocycles. The second kappa shape index (κ2) is 11.4. The maximum Gasteiger partial charge on any atom is 0.410 e. The molecule has 206 valence electrons. The summed E-state index contributed by atoms with van der Waals surface area (Å²) in [6.07, 6.45) is 1.67. The molecule has 37 heavy (non-hydrogen) atoms. The summed E-state index contributed by atoms with van der Waals surface area (Å²) >= 11 is 6.55. The van der Waals surface area contributed by atoms with Gasteiger partial charge in [-0.3, -0.25) is 14.7 Å². The van der Waals surface area contributed by atoms with Crippen molar-refractivity contribution in [1.82, 2.24) is 30.7 Å². The zero-order valence-electron chi connectivity index (χ0n) is 22.1. The Morgan fingerprint density at radius 3 is 2.46 bits per heavy atom. The van der Waals surface area contributed by atoms with E-state index in [-0.39, 0.29) is 23.2 Å². The number of amides is 4. The summed E-state index contributed by atoms with van der Waals surface area (Å²) in [6.45, 7) is 12.0. The van der Waals surface area contributed by atoms with E-state index in [1.807, 2.05) is 20.8 Å². The Morgan fingerprint density at radius 2 is 1.78 bits per heavy atom. The molecule has 13 heteroatoms. The number of ether oxygens (including phenoxy) is 1. The van der Waals surface area contributed by atoms with Gasteiger partial charge in [0.15, 0.2) is 23.2 Å². The van der Waals surface area contributed by atoms with Gasteiger partial charge in [-0.1, -0.05) is 18.5 Å². The molecule has 3 atom stereocenters. The molecule has 0 aromatic rings. The highest BCUT2D eigenvalue weighted by Gasteiger charge is 2.39. The third-order valence-electron chi connectivity index (χ3n) is 7.14. The summed E-state index contributed by atoms with van der Waals surface area (Å²) in [5.41, 5.74) is -0.498. The fourth-order valence-corrected chi connectivity index (χ4v) is 5.57. The number of piperazine rings is 1. The van der Waals surface area contributed by atoms with Gasteiger partial charge in [-0.05, 0) is 40.0 Å². The van der Waals surface area contributed by atoms with Gasteiger partial charge in [-0.2, -0.15) is 0 Å². The van der Waals surface area contributed by atoms with E-state index in [0.717, 1.165) is 25.8 Å². The Bertz CT molecular complexity index is 944. The second-order valence-electron chi connectivity index (χ2n) is 10.9. The third kappa shape index (κ3) is 6.64. The number of carbonyl (C=O) groups is 3. The predicted molar refractivity (Wildman–Crippen MR) is 141 cm³/mol. The predicted octanol–water partition coefficient (Wildman–Crippen LogP) is 0.955. The minimum absolute atomic E-state index is 0.187. The lowest BCUT2D eigenvalue weighted by atomic mass is 9.98. The van der Waals surface area contributed by atoms with Crippen molar-refractivity contribution >= 4 is 40.6 Å². The molecule has 3 fully saturated rings. The fourth-order valence-electron chi connectivity index (χ4n) is 5.30. The van der Waals surface area contributed by atoms with Crippen molar-refractivity contribution in [3.8, 4) is 0 Å². The van der Waals surface area contributed by atoms with Gasteiger partial charge in [0.2, 0.25) is 5.91 Å². The van der Waals surface area contributed by atoms with Crippen LogP contribution in [0.1, 0.15) is 47.0 Å². The molecule has 0 aromatic carbocycles. The van der Waals surface area contributed by atoms with E-state index in [1.165, 1.54) is 0 Å². The van der Waals surface area contributed by atoms with Gasteiger partial charge in [0.1, 0.15) is 5.60 Å². The smallest absolute Gasteiger partial charge is 0.410 e. The summed E-state index contributed by atoms with van der Waals surface area (Å²) in [5.74, 6) is 0.192. The summed E-state index contributed by atoms with van der Waals surface area (Å²) in [7, 11) is 0. The van der Waals surface area contributed by atoms with Gasteiger partial charge in [0.25, 0.3) is 0 Å². The fraction of sp³-hybridized carbons (Fsp3) is 0.792. The number of hydrogen-bond donors (Lipinski definition) is 3. The number of likely N-dealkylation sites (tertiary alicyclic amines) is 1. The third-order valence-corrected chi connectivity index (χ3v) is 7.41. The number of aliphatic imine (C=N–C) groups is 2. The van der Waals surface area contributed by atoms with Gasteiger partial charge in [-0.25, -0.2) is 14.6 Å². The first kappa shape index (κ1) is 27.4. The zero-order valence-corrected chi connectivity index (χ0v) is 22.9. The van der Waals surface area contributed by atoms with Crippen molar-refractivity contribution in [3.63, 3.8) is 0 Å². The van der Waals surface area contributed by atoms with Crippen LogP contribution in [0, 0.1) is 0 Å². The van der Waals surface area contributed by atoms with Crippen LogP contribution in [0.5, 0.6) is 0 Å².